The van der Waals surface area contributed by atoms with Crippen LogP contribution in [0.15, 0.2) is 30.5 Å². The maximum atomic E-state index is 12.7. The van der Waals surface area contributed by atoms with Crippen LogP contribution in [0.25, 0.3) is 10.9 Å². The normalized spacial score (nSPS) is 15.1. The first kappa shape index (κ1) is 29.2. The number of carboxylic acids is 2. The van der Waals surface area contributed by atoms with Crippen LogP contribution < -0.4 is 21.7 Å². The lowest BCUT2D eigenvalue weighted by molar-refractivity contribution is -0.142. The molecule has 0 saturated heterocycles. The Morgan fingerprint density at radius 1 is 0.946 bits per heavy atom. The lowest BCUT2D eigenvalue weighted by Crippen LogP contribution is -2.59. The summed E-state index contributed by atoms with van der Waals surface area (Å²) in [5.74, 6) is -5.56. The van der Waals surface area contributed by atoms with E-state index in [1.54, 1.807) is 30.5 Å². The third-order valence-corrected chi connectivity index (χ3v) is 5.63. The largest absolute Gasteiger partial charge is 0.481 e. The number of amides is 3. The van der Waals surface area contributed by atoms with E-state index in [1.165, 1.54) is 6.92 Å². The number of aliphatic hydroxyl groups is 2. The van der Waals surface area contributed by atoms with Gasteiger partial charge in [0.1, 0.15) is 24.2 Å². The Balaban J connectivity index is 2.11. The third kappa shape index (κ3) is 8.27. The molecule has 37 heavy (non-hydrogen) atoms. The minimum Gasteiger partial charge on any atom is -0.481 e. The summed E-state index contributed by atoms with van der Waals surface area (Å²) in [5, 5.41) is 45.2. The number of benzene rings is 1. The second kappa shape index (κ2) is 13.3. The number of nitrogens with two attached hydrogens (primary N) is 1. The molecule has 2 aromatic rings. The predicted octanol–water partition coefficient (Wildman–Crippen LogP) is -2.19. The highest BCUT2D eigenvalue weighted by Gasteiger charge is 2.31. The number of fused-ring (bicyclic) bond motifs is 1. The molecule has 0 aliphatic rings. The number of aromatic amines is 1. The summed E-state index contributed by atoms with van der Waals surface area (Å²) in [7, 11) is 0. The minimum atomic E-state index is -1.60. The number of aromatic nitrogens is 1. The van der Waals surface area contributed by atoms with Gasteiger partial charge in [0, 0.05) is 29.9 Å². The first-order chi connectivity index (χ1) is 17.4. The summed E-state index contributed by atoms with van der Waals surface area (Å²) in [6, 6.07) is 1.30. The molecule has 0 aliphatic heterocycles. The molecule has 1 aromatic carbocycles. The SMILES string of the molecule is CC(O)C(N)C(=O)NC(CCC(=O)O)C(=O)NC(CO)C(=O)NC(Cc1c[nH]c2ccccc12)C(=O)O. The monoisotopic (exact) mass is 521 g/mol. The van der Waals surface area contributed by atoms with Crippen LogP contribution in [0.5, 0.6) is 0 Å². The Labute approximate surface area is 211 Å². The summed E-state index contributed by atoms with van der Waals surface area (Å²) >= 11 is 0. The first-order valence-corrected chi connectivity index (χ1v) is 11.4. The fourth-order valence-electron chi connectivity index (χ4n) is 3.48. The van der Waals surface area contributed by atoms with Gasteiger partial charge in [-0.1, -0.05) is 18.2 Å². The highest BCUT2D eigenvalue weighted by Crippen LogP contribution is 2.19. The quantitative estimate of drug-likeness (QED) is 0.130. The van der Waals surface area contributed by atoms with Crippen molar-refractivity contribution in [2.75, 3.05) is 6.61 Å². The van der Waals surface area contributed by atoms with Crippen molar-refractivity contribution in [3.05, 3.63) is 36.0 Å². The van der Waals surface area contributed by atoms with Gasteiger partial charge in [-0.15, -0.1) is 0 Å². The molecule has 0 radical (unpaired) electrons. The van der Waals surface area contributed by atoms with Gasteiger partial charge in [0.15, 0.2) is 0 Å². The Morgan fingerprint density at radius 3 is 2.14 bits per heavy atom. The van der Waals surface area contributed by atoms with Crippen molar-refractivity contribution in [3.63, 3.8) is 0 Å². The van der Waals surface area contributed by atoms with Crippen LogP contribution in [-0.4, -0.2) is 91.9 Å². The van der Waals surface area contributed by atoms with E-state index in [2.05, 4.69) is 20.9 Å². The molecule has 5 unspecified atom stereocenters. The molecule has 1 aromatic heterocycles. The summed E-state index contributed by atoms with van der Waals surface area (Å²) in [4.78, 5) is 63.4. The fraction of sp³-hybridized carbons (Fsp3) is 0.435. The molecule has 2 rings (SSSR count). The number of carbonyl (C=O) groups excluding carboxylic acids is 3. The van der Waals surface area contributed by atoms with Gasteiger partial charge in [-0.2, -0.15) is 0 Å². The first-order valence-electron chi connectivity index (χ1n) is 11.4. The molecule has 0 fully saturated rings. The van der Waals surface area contributed by atoms with Crippen molar-refractivity contribution in [1.29, 1.82) is 0 Å². The molecule has 202 valence electrons. The van der Waals surface area contributed by atoms with E-state index in [4.69, 9.17) is 10.8 Å². The number of carbonyl (C=O) groups is 5. The summed E-state index contributed by atoms with van der Waals surface area (Å²) < 4.78 is 0. The highest BCUT2D eigenvalue weighted by atomic mass is 16.4. The molecule has 14 nitrogen and oxygen atoms in total. The molecule has 14 heteroatoms. The average molecular weight is 522 g/mol. The molecular weight excluding hydrogens is 490 g/mol. The molecule has 1 heterocycles. The average Bonchev–Trinajstić information content (AvgIpc) is 3.26. The standard InChI is InChI=1S/C23H31N5O9/c1-11(30)19(24)22(35)26-15(6-7-18(31)32)20(33)28-17(10-29)21(34)27-16(23(36)37)8-12-9-25-14-5-3-2-4-13(12)14/h2-5,9,11,15-17,19,25,29-30H,6-8,10,24H2,1H3,(H,26,35)(H,27,34)(H,28,33)(H,31,32)(H,36,37). The van der Waals surface area contributed by atoms with Crippen LogP contribution in [0.2, 0.25) is 0 Å². The number of aliphatic carboxylic acids is 2. The number of hydrogen-bond acceptors (Lipinski definition) is 8. The van der Waals surface area contributed by atoms with E-state index in [1.807, 2.05) is 0 Å². The van der Waals surface area contributed by atoms with E-state index in [9.17, 15) is 39.3 Å². The lowest BCUT2D eigenvalue weighted by atomic mass is 10.0. The van der Waals surface area contributed by atoms with Crippen molar-refractivity contribution in [3.8, 4) is 0 Å². The third-order valence-electron chi connectivity index (χ3n) is 5.63. The van der Waals surface area contributed by atoms with Crippen molar-refractivity contribution < 1.29 is 44.4 Å². The number of aliphatic hydroxyl groups excluding tert-OH is 2. The predicted molar refractivity (Wildman–Crippen MR) is 129 cm³/mol. The van der Waals surface area contributed by atoms with Crippen LogP contribution in [0.1, 0.15) is 25.3 Å². The van der Waals surface area contributed by atoms with Gasteiger partial charge in [0.05, 0.1) is 12.7 Å². The Hall–Kier alpha value is -4.01. The molecule has 10 N–H and O–H groups in total. The van der Waals surface area contributed by atoms with Crippen LogP contribution in [0.4, 0.5) is 0 Å². The summed E-state index contributed by atoms with van der Waals surface area (Å²) in [6.07, 6.45) is -0.636. The fourth-order valence-corrected chi connectivity index (χ4v) is 3.48. The van der Waals surface area contributed by atoms with Crippen molar-refractivity contribution in [2.24, 2.45) is 5.73 Å². The van der Waals surface area contributed by atoms with E-state index in [0.717, 1.165) is 10.9 Å². The lowest BCUT2D eigenvalue weighted by Gasteiger charge is -2.24. The number of nitrogens with one attached hydrogen (secondary N) is 4. The zero-order valence-corrected chi connectivity index (χ0v) is 20.0. The van der Waals surface area contributed by atoms with E-state index in [0.29, 0.717) is 5.56 Å². The zero-order valence-electron chi connectivity index (χ0n) is 20.0. The molecule has 0 saturated carbocycles. The second-order valence-electron chi connectivity index (χ2n) is 8.47. The molecule has 0 spiro atoms. The molecule has 0 bridgehead atoms. The maximum Gasteiger partial charge on any atom is 0.326 e. The topological polar surface area (TPSA) is 244 Å². The highest BCUT2D eigenvalue weighted by molar-refractivity contribution is 5.94. The van der Waals surface area contributed by atoms with Gasteiger partial charge in [0.2, 0.25) is 17.7 Å². The van der Waals surface area contributed by atoms with Crippen molar-refractivity contribution in [2.45, 2.75) is 56.5 Å². The Bertz CT molecular complexity index is 1130. The van der Waals surface area contributed by atoms with Crippen molar-refractivity contribution >= 4 is 40.6 Å². The number of H-pyrrole nitrogens is 1. The van der Waals surface area contributed by atoms with Gasteiger partial charge < -0.3 is 47.1 Å². The second-order valence-corrected chi connectivity index (χ2v) is 8.47. The van der Waals surface area contributed by atoms with E-state index in [-0.39, 0.29) is 12.8 Å². The van der Waals surface area contributed by atoms with Crippen LogP contribution in [0, 0.1) is 0 Å². The maximum absolute atomic E-state index is 12.7. The van der Waals surface area contributed by atoms with E-state index < -0.39 is 73.0 Å². The summed E-state index contributed by atoms with van der Waals surface area (Å²) in [5.41, 5.74) is 6.94. The number of hydrogen-bond donors (Lipinski definition) is 9. The van der Waals surface area contributed by atoms with Gasteiger partial charge >= 0.3 is 11.9 Å². The van der Waals surface area contributed by atoms with Gasteiger partial charge in [-0.05, 0) is 25.0 Å². The Morgan fingerprint density at radius 2 is 1.54 bits per heavy atom. The zero-order chi connectivity index (χ0) is 27.7. The molecule has 3 amide bonds. The van der Waals surface area contributed by atoms with Crippen LogP contribution in [-0.2, 0) is 30.4 Å². The van der Waals surface area contributed by atoms with Gasteiger partial charge in [0.25, 0.3) is 0 Å². The van der Waals surface area contributed by atoms with Gasteiger partial charge in [-0.25, -0.2) is 4.79 Å². The number of rotatable bonds is 14. The summed E-state index contributed by atoms with van der Waals surface area (Å²) in [6.45, 7) is 0.335. The molecule has 5 atom stereocenters. The van der Waals surface area contributed by atoms with Crippen LogP contribution >= 0.6 is 0 Å². The van der Waals surface area contributed by atoms with Gasteiger partial charge in [-0.3, -0.25) is 19.2 Å². The Kier molecular flexibility index (Phi) is 10.5. The van der Waals surface area contributed by atoms with E-state index >= 15 is 0 Å². The van der Waals surface area contributed by atoms with Crippen LogP contribution in [0.3, 0.4) is 0 Å². The molecular formula is C23H31N5O9. The smallest absolute Gasteiger partial charge is 0.326 e. The molecule has 0 aliphatic carbocycles. The number of carboxylic acid groups (broad SMARTS) is 2. The van der Waals surface area contributed by atoms with Crippen molar-refractivity contribution in [1.82, 2.24) is 20.9 Å². The number of para-hydroxylation sites is 1. The minimum absolute atomic E-state index is 0.0916.